The van der Waals surface area contributed by atoms with Gasteiger partial charge in [0, 0.05) is 22.4 Å². The topological polar surface area (TPSA) is 21.3 Å². The highest BCUT2D eigenvalue weighted by atomic mass is 127. The maximum atomic E-state index is 5.26. The summed E-state index contributed by atoms with van der Waals surface area (Å²) in [5.41, 5.74) is 2.58. The molecule has 0 unspecified atom stereocenters. The molecule has 0 aromatic heterocycles. The van der Waals surface area contributed by atoms with Crippen molar-refractivity contribution in [2.45, 2.75) is 31.9 Å². The van der Waals surface area contributed by atoms with Gasteiger partial charge in [-0.05, 0) is 66.1 Å². The lowest BCUT2D eigenvalue weighted by Crippen LogP contribution is -2.40. The molecule has 0 saturated heterocycles. The number of hydrogen-bond acceptors (Lipinski definition) is 2. The highest BCUT2D eigenvalue weighted by Gasteiger charge is 2.28. The molecule has 1 aromatic carbocycles. The third-order valence-corrected chi connectivity index (χ3v) is 3.65. The highest BCUT2D eigenvalue weighted by molar-refractivity contribution is 14.1. The zero-order valence-electron chi connectivity index (χ0n) is 9.09. The van der Waals surface area contributed by atoms with Gasteiger partial charge < -0.3 is 10.1 Å². The molecule has 1 N–H and O–H groups in total. The Kier molecular flexibility index (Phi) is 3.51. The number of aryl methyl sites for hydroxylation is 1. The molecule has 1 fully saturated rings. The fraction of sp³-hybridized carbons (Fsp3) is 0.500. The third-order valence-electron chi connectivity index (χ3n) is 2.98. The molecule has 1 aliphatic carbocycles. The number of halogens is 1. The summed E-state index contributed by atoms with van der Waals surface area (Å²) < 4.78 is 6.55. The normalized spacial score (nSPS) is 24.7. The van der Waals surface area contributed by atoms with E-state index in [9.17, 15) is 0 Å². The van der Waals surface area contributed by atoms with Crippen molar-refractivity contribution in [1.29, 1.82) is 0 Å². The molecule has 0 radical (unpaired) electrons. The van der Waals surface area contributed by atoms with Gasteiger partial charge in [-0.15, -0.1) is 0 Å². The Morgan fingerprint density at radius 3 is 2.73 bits per heavy atom. The van der Waals surface area contributed by atoms with Crippen LogP contribution in [0.1, 0.15) is 18.4 Å². The maximum Gasteiger partial charge on any atom is 0.0610 e. The van der Waals surface area contributed by atoms with E-state index in [1.165, 1.54) is 14.8 Å². The van der Waals surface area contributed by atoms with Crippen LogP contribution in [0.4, 0.5) is 5.69 Å². The molecule has 0 amide bonds. The number of hydrogen-bond donors (Lipinski definition) is 1. The number of rotatable bonds is 3. The van der Waals surface area contributed by atoms with Gasteiger partial charge in [0.15, 0.2) is 0 Å². The third kappa shape index (κ3) is 2.64. The summed E-state index contributed by atoms with van der Waals surface area (Å²) in [6, 6.07) is 7.10. The first-order chi connectivity index (χ1) is 7.19. The van der Waals surface area contributed by atoms with Gasteiger partial charge in [-0.25, -0.2) is 0 Å². The van der Waals surface area contributed by atoms with Gasteiger partial charge in [0.2, 0.25) is 0 Å². The molecule has 1 aromatic rings. The molecule has 1 aliphatic rings. The molecule has 0 aliphatic heterocycles. The van der Waals surface area contributed by atoms with Gasteiger partial charge in [0.25, 0.3) is 0 Å². The second kappa shape index (κ2) is 4.70. The van der Waals surface area contributed by atoms with E-state index in [0.717, 1.165) is 12.8 Å². The number of nitrogens with one attached hydrogen (secondary N) is 1. The Morgan fingerprint density at radius 1 is 1.40 bits per heavy atom. The molecule has 15 heavy (non-hydrogen) atoms. The smallest absolute Gasteiger partial charge is 0.0610 e. The number of methoxy groups -OCH3 is 1. The van der Waals surface area contributed by atoms with Crippen LogP contribution >= 0.6 is 22.6 Å². The summed E-state index contributed by atoms with van der Waals surface area (Å²) in [5, 5.41) is 3.55. The molecular formula is C12H16INO. The lowest BCUT2D eigenvalue weighted by atomic mass is 9.89. The number of benzene rings is 1. The molecular weight excluding hydrogens is 301 g/mol. The van der Waals surface area contributed by atoms with Gasteiger partial charge in [-0.3, -0.25) is 0 Å². The summed E-state index contributed by atoms with van der Waals surface area (Å²) in [6.07, 6.45) is 2.72. The monoisotopic (exact) mass is 317 g/mol. The summed E-state index contributed by atoms with van der Waals surface area (Å²) in [6.45, 7) is 2.15. The standard InChI is InChI=1S/C12H16INO/c1-8-5-9(13)3-4-12(8)14-10-6-11(7-10)15-2/h3-5,10-11,14H,6-7H2,1-2H3. The van der Waals surface area contributed by atoms with Crippen molar-refractivity contribution in [2.24, 2.45) is 0 Å². The van der Waals surface area contributed by atoms with Gasteiger partial charge in [-0.2, -0.15) is 0 Å². The molecule has 2 rings (SSSR count). The van der Waals surface area contributed by atoms with E-state index in [1.807, 2.05) is 0 Å². The average Bonchev–Trinajstić information content (AvgIpc) is 2.13. The lowest BCUT2D eigenvalue weighted by molar-refractivity contribution is 0.0328. The van der Waals surface area contributed by atoms with Crippen molar-refractivity contribution >= 4 is 28.3 Å². The molecule has 0 spiro atoms. The summed E-state index contributed by atoms with van der Waals surface area (Å²) in [4.78, 5) is 0. The zero-order valence-corrected chi connectivity index (χ0v) is 11.2. The van der Waals surface area contributed by atoms with Crippen LogP contribution in [-0.2, 0) is 4.74 Å². The van der Waals surface area contributed by atoms with Crippen molar-refractivity contribution < 1.29 is 4.74 Å². The van der Waals surface area contributed by atoms with E-state index in [1.54, 1.807) is 7.11 Å². The summed E-state index contributed by atoms with van der Waals surface area (Å²) >= 11 is 2.34. The molecule has 82 valence electrons. The zero-order chi connectivity index (χ0) is 10.8. The maximum absolute atomic E-state index is 5.26. The minimum absolute atomic E-state index is 0.464. The quantitative estimate of drug-likeness (QED) is 0.865. The SMILES string of the molecule is COC1CC(Nc2ccc(I)cc2C)C1. The predicted molar refractivity (Wildman–Crippen MR) is 71.3 cm³/mol. The van der Waals surface area contributed by atoms with Crippen LogP contribution in [0.3, 0.4) is 0 Å². The van der Waals surface area contributed by atoms with Crippen molar-refractivity contribution in [3.63, 3.8) is 0 Å². The predicted octanol–water partition coefficient (Wildman–Crippen LogP) is 3.19. The van der Waals surface area contributed by atoms with Crippen molar-refractivity contribution in [1.82, 2.24) is 0 Å². The first-order valence-electron chi connectivity index (χ1n) is 5.24. The molecule has 0 heterocycles. The number of anilines is 1. The van der Waals surface area contributed by atoms with Gasteiger partial charge >= 0.3 is 0 Å². The van der Waals surface area contributed by atoms with E-state index in [2.05, 4.69) is 53.0 Å². The average molecular weight is 317 g/mol. The van der Waals surface area contributed by atoms with Crippen molar-refractivity contribution in [2.75, 3.05) is 12.4 Å². The van der Waals surface area contributed by atoms with Crippen LogP contribution in [0.25, 0.3) is 0 Å². The van der Waals surface area contributed by atoms with Crippen molar-refractivity contribution in [3.05, 3.63) is 27.3 Å². The van der Waals surface area contributed by atoms with Crippen LogP contribution in [0, 0.1) is 10.5 Å². The second-order valence-corrected chi connectivity index (χ2v) is 5.38. The Hall–Kier alpha value is -0.290. The van der Waals surface area contributed by atoms with Crippen molar-refractivity contribution in [3.8, 4) is 0 Å². The van der Waals surface area contributed by atoms with E-state index < -0.39 is 0 Å². The Bertz CT molecular complexity index is 347. The first kappa shape index (κ1) is 11.2. The fourth-order valence-electron chi connectivity index (χ4n) is 1.88. The highest BCUT2D eigenvalue weighted by Crippen LogP contribution is 2.28. The van der Waals surface area contributed by atoms with Crippen LogP contribution in [0.5, 0.6) is 0 Å². The van der Waals surface area contributed by atoms with Crippen LogP contribution in [-0.4, -0.2) is 19.3 Å². The van der Waals surface area contributed by atoms with E-state index in [4.69, 9.17) is 4.74 Å². The largest absolute Gasteiger partial charge is 0.382 e. The summed E-state index contributed by atoms with van der Waals surface area (Å²) in [5.74, 6) is 0. The molecule has 0 atom stereocenters. The van der Waals surface area contributed by atoms with Crippen LogP contribution in [0.2, 0.25) is 0 Å². The van der Waals surface area contributed by atoms with E-state index in [-0.39, 0.29) is 0 Å². The Morgan fingerprint density at radius 2 is 2.13 bits per heavy atom. The van der Waals surface area contributed by atoms with Crippen LogP contribution < -0.4 is 5.32 Å². The molecule has 3 heteroatoms. The van der Waals surface area contributed by atoms with E-state index in [0.29, 0.717) is 12.1 Å². The van der Waals surface area contributed by atoms with Crippen LogP contribution in [0.15, 0.2) is 18.2 Å². The minimum atomic E-state index is 0.464. The lowest BCUT2D eigenvalue weighted by Gasteiger charge is -2.35. The minimum Gasteiger partial charge on any atom is -0.382 e. The second-order valence-electron chi connectivity index (χ2n) is 4.13. The number of ether oxygens (including phenoxy) is 1. The van der Waals surface area contributed by atoms with Gasteiger partial charge in [0.05, 0.1) is 6.10 Å². The van der Waals surface area contributed by atoms with E-state index >= 15 is 0 Å². The van der Waals surface area contributed by atoms with Gasteiger partial charge in [-0.1, -0.05) is 0 Å². The Labute approximate surface area is 105 Å². The fourth-order valence-corrected chi connectivity index (χ4v) is 2.53. The molecule has 1 saturated carbocycles. The molecule has 2 nitrogen and oxygen atoms in total. The Balaban J connectivity index is 1.94. The first-order valence-corrected chi connectivity index (χ1v) is 6.32. The van der Waals surface area contributed by atoms with Gasteiger partial charge in [0.1, 0.15) is 0 Å². The molecule has 0 bridgehead atoms. The summed E-state index contributed by atoms with van der Waals surface area (Å²) in [7, 11) is 1.79.